The Labute approximate surface area is 176 Å². The van der Waals surface area contributed by atoms with Gasteiger partial charge in [-0.2, -0.15) is 0 Å². The molecule has 1 N–H and O–H groups in total. The molecule has 2 aromatic carbocycles. The Morgan fingerprint density at radius 1 is 1.23 bits per heavy atom. The fraction of sp³-hybridized carbons (Fsp3) is 0.320. The van der Waals surface area contributed by atoms with Crippen molar-refractivity contribution in [3.63, 3.8) is 0 Å². The lowest BCUT2D eigenvalue weighted by Crippen LogP contribution is -2.31. The molecule has 2 unspecified atom stereocenters. The van der Waals surface area contributed by atoms with Crippen LogP contribution in [0.4, 0.5) is 4.39 Å². The minimum atomic E-state index is -0.789. The number of H-pyrrole nitrogens is 1. The summed E-state index contributed by atoms with van der Waals surface area (Å²) in [6, 6.07) is 16.5. The normalized spacial score (nSPS) is 19.7. The number of aromatic amines is 1. The molecule has 1 aliphatic heterocycles. The maximum Gasteiger partial charge on any atom is 0.330 e. The van der Waals surface area contributed by atoms with E-state index in [1.54, 1.807) is 6.08 Å². The number of aromatic nitrogens is 1. The van der Waals surface area contributed by atoms with Gasteiger partial charge in [0.2, 0.25) is 0 Å². The summed E-state index contributed by atoms with van der Waals surface area (Å²) in [5, 5.41) is 1.24. The highest BCUT2D eigenvalue weighted by molar-refractivity contribution is 5.87. The molecule has 1 aliphatic rings. The number of aryl methyl sites for hydroxylation is 1. The number of alkyl halides is 1. The van der Waals surface area contributed by atoms with E-state index in [9.17, 15) is 9.18 Å². The van der Waals surface area contributed by atoms with E-state index in [1.165, 1.54) is 29.8 Å². The van der Waals surface area contributed by atoms with Crippen LogP contribution in [0.5, 0.6) is 0 Å². The van der Waals surface area contributed by atoms with E-state index in [0.717, 1.165) is 23.1 Å². The number of ether oxygens (including phenoxy) is 1. The lowest BCUT2D eigenvalue weighted by atomic mass is 10.0. The van der Waals surface area contributed by atoms with Gasteiger partial charge in [0.05, 0.1) is 7.11 Å². The summed E-state index contributed by atoms with van der Waals surface area (Å²) < 4.78 is 19.0. The fourth-order valence-corrected chi connectivity index (χ4v) is 4.36. The molecule has 1 saturated heterocycles. The standard InChI is InChI=1S/C25H27FN2O2/c1-17-23(22-5-3-4-6-24(22)27-17)14-21-13-20(26)16-28(21)15-19-9-7-18(8-10-19)11-12-25(29)30-2/h3-12,20-21,27H,13-16H2,1-2H3/b12-11+. The number of esters is 1. The molecule has 2 heterocycles. The molecule has 0 spiro atoms. The van der Waals surface area contributed by atoms with Gasteiger partial charge in [0.25, 0.3) is 0 Å². The summed E-state index contributed by atoms with van der Waals surface area (Å²) in [7, 11) is 1.36. The van der Waals surface area contributed by atoms with Crippen molar-refractivity contribution >= 4 is 22.9 Å². The van der Waals surface area contributed by atoms with Gasteiger partial charge in [-0.1, -0.05) is 42.5 Å². The Morgan fingerprint density at radius 2 is 2.00 bits per heavy atom. The molecule has 0 radical (unpaired) electrons. The number of carbonyl (C=O) groups is 1. The molecule has 3 aromatic rings. The third-order valence-corrected chi connectivity index (χ3v) is 5.92. The molecule has 2 atom stereocenters. The number of para-hydroxylation sites is 1. The average Bonchev–Trinajstić information content (AvgIpc) is 3.26. The summed E-state index contributed by atoms with van der Waals surface area (Å²) in [5.41, 5.74) is 5.67. The zero-order valence-electron chi connectivity index (χ0n) is 17.4. The first-order valence-corrected chi connectivity index (χ1v) is 10.3. The first kappa shape index (κ1) is 20.4. The summed E-state index contributed by atoms with van der Waals surface area (Å²) in [6.07, 6.45) is 3.76. The summed E-state index contributed by atoms with van der Waals surface area (Å²) in [6.45, 7) is 3.28. The molecule has 1 aromatic heterocycles. The van der Waals surface area contributed by atoms with Crippen molar-refractivity contribution in [3.05, 3.63) is 77.0 Å². The van der Waals surface area contributed by atoms with Crippen molar-refractivity contribution in [2.75, 3.05) is 13.7 Å². The third kappa shape index (κ3) is 4.46. The Bertz CT molecular complexity index is 1050. The number of fused-ring (bicyclic) bond motifs is 1. The molecule has 1 fully saturated rings. The van der Waals surface area contributed by atoms with E-state index in [1.807, 2.05) is 30.3 Å². The highest BCUT2D eigenvalue weighted by Gasteiger charge is 2.32. The van der Waals surface area contributed by atoms with Crippen LogP contribution in [0, 0.1) is 6.92 Å². The van der Waals surface area contributed by atoms with Crippen molar-refractivity contribution < 1.29 is 13.9 Å². The predicted molar refractivity (Wildman–Crippen MR) is 118 cm³/mol. The van der Waals surface area contributed by atoms with Crippen LogP contribution >= 0.6 is 0 Å². The minimum Gasteiger partial charge on any atom is -0.466 e. The van der Waals surface area contributed by atoms with Crippen molar-refractivity contribution in [1.82, 2.24) is 9.88 Å². The SMILES string of the molecule is COC(=O)/C=C/c1ccc(CN2CC(F)CC2Cc2c(C)[nH]c3ccccc23)cc1. The minimum absolute atomic E-state index is 0.178. The van der Waals surface area contributed by atoms with Gasteiger partial charge in [0.1, 0.15) is 6.17 Å². The van der Waals surface area contributed by atoms with Crippen LogP contribution in [-0.4, -0.2) is 41.7 Å². The summed E-state index contributed by atoms with van der Waals surface area (Å²) in [5.74, 6) is -0.374. The number of hydrogen-bond acceptors (Lipinski definition) is 3. The van der Waals surface area contributed by atoms with Crippen LogP contribution in [0.15, 0.2) is 54.6 Å². The van der Waals surface area contributed by atoms with Crippen LogP contribution in [0.2, 0.25) is 0 Å². The second kappa shape index (κ2) is 8.84. The van der Waals surface area contributed by atoms with Crippen molar-refractivity contribution in [1.29, 1.82) is 0 Å². The topological polar surface area (TPSA) is 45.3 Å². The van der Waals surface area contributed by atoms with E-state index in [0.29, 0.717) is 19.5 Å². The number of carbonyl (C=O) groups excluding carboxylic acids is 1. The Hall–Kier alpha value is -2.92. The first-order chi connectivity index (χ1) is 14.5. The van der Waals surface area contributed by atoms with Crippen LogP contribution < -0.4 is 0 Å². The van der Waals surface area contributed by atoms with E-state index >= 15 is 0 Å². The number of methoxy groups -OCH3 is 1. The van der Waals surface area contributed by atoms with Gasteiger partial charge in [-0.15, -0.1) is 0 Å². The highest BCUT2D eigenvalue weighted by atomic mass is 19.1. The van der Waals surface area contributed by atoms with Gasteiger partial charge in [-0.25, -0.2) is 9.18 Å². The molecule has 4 nitrogen and oxygen atoms in total. The van der Waals surface area contributed by atoms with Gasteiger partial charge in [-0.3, -0.25) is 4.90 Å². The number of rotatable bonds is 6. The van der Waals surface area contributed by atoms with Gasteiger partial charge in [0.15, 0.2) is 0 Å². The largest absolute Gasteiger partial charge is 0.466 e. The molecule has 0 amide bonds. The second-order valence-electron chi connectivity index (χ2n) is 7.99. The molecular weight excluding hydrogens is 379 g/mol. The maximum absolute atomic E-state index is 14.3. The number of nitrogens with one attached hydrogen (secondary N) is 1. The molecule has 156 valence electrons. The average molecular weight is 407 g/mol. The van der Waals surface area contributed by atoms with Crippen molar-refractivity contribution in [2.24, 2.45) is 0 Å². The number of likely N-dealkylation sites (tertiary alicyclic amines) is 1. The van der Waals surface area contributed by atoms with Gasteiger partial charge in [0, 0.05) is 41.8 Å². The Balaban J connectivity index is 1.47. The maximum atomic E-state index is 14.3. The first-order valence-electron chi connectivity index (χ1n) is 10.3. The Morgan fingerprint density at radius 3 is 2.77 bits per heavy atom. The van der Waals surface area contributed by atoms with Gasteiger partial charge >= 0.3 is 5.97 Å². The number of halogens is 1. The van der Waals surface area contributed by atoms with Gasteiger partial charge in [-0.05, 0) is 48.6 Å². The van der Waals surface area contributed by atoms with Gasteiger partial charge < -0.3 is 9.72 Å². The number of nitrogens with zero attached hydrogens (tertiary/aromatic N) is 1. The second-order valence-corrected chi connectivity index (χ2v) is 7.99. The van der Waals surface area contributed by atoms with E-state index in [-0.39, 0.29) is 12.0 Å². The molecule has 30 heavy (non-hydrogen) atoms. The Kier molecular flexibility index (Phi) is 6.00. The number of benzene rings is 2. The molecule has 0 aliphatic carbocycles. The third-order valence-electron chi connectivity index (χ3n) is 5.92. The molecule has 0 saturated carbocycles. The van der Waals surface area contributed by atoms with Crippen LogP contribution in [-0.2, 0) is 22.5 Å². The predicted octanol–water partition coefficient (Wildman–Crippen LogP) is 4.82. The van der Waals surface area contributed by atoms with Crippen molar-refractivity contribution in [2.45, 2.75) is 38.5 Å². The molecule has 0 bridgehead atoms. The highest BCUT2D eigenvalue weighted by Crippen LogP contribution is 2.30. The van der Waals surface area contributed by atoms with Crippen LogP contribution in [0.1, 0.15) is 28.8 Å². The van der Waals surface area contributed by atoms with E-state index < -0.39 is 6.17 Å². The fourth-order valence-electron chi connectivity index (χ4n) is 4.36. The van der Waals surface area contributed by atoms with E-state index in [4.69, 9.17) is 0 Å². The monoisotopic (exact) mass is 406 g/mol. The molecular formula is C25H27FN2O2. The van der Waals surface area contributed by atoms with E-state index in [2.05, 4.69) is 39.7 Å². The smallest absolute Gasteiger partial charge is 0.330 e. The summed E-state index contributed by atoms with van der Waals surface area (Å²) >= 11 is 0. The van der Waals surface area contributed by atoms with Crippen LogP contribution in [0.25, 0.3) is 17.0 Å². The van der Waals surface area contributed by atoms with Crippen LogP contribution in [0.3, 0.4) is 0 Å². The lowest BCUT2D eigenvalue weighted by molar-refractivity contribution is -0.134. The summed E-state index contributed by atoms with van der Waals surface area (Å²) in [4.78, 5) is 16.9. The lowest BCUT2D eigenvalue weighted by Gasteiger charge is -2.24. The zero-order valence-corrected chi connectivity index (χ0v) is 17.4. The zero-order chi connectivity index (χ0) is 21.1. The molecule has 5 heteroatoms. The molecule has 4 rings (SSSR count). The van der Waals surface area contributed by atoms with Crippen molar-refractivity contribution in [3.8, 4) is 0 Å². The quantitative estimate of drug-likeness (QED) is 0.472. The number of hydrogen-bond donors (Lipinski definition) is 1.